The number of imidazole rings is 1. The molecule has 2 aromatic heterocycles. The molecule has 0 spiro atoms. The molecule has 1 aliphatic rings. The fourth-order valence-electron chi connectivity index (χ4n) is 3.19. The highest BCUT2D eigenvalue weighted by molar-refractivity contribution is 7.89. The second kappa shape index (κ2) is 5.72. The van der Waals surface area contributed by atoms with Crippen molar-refractivity contribution in [2.45, 2.75) is 31.2 Å². The molecule has 4 rings (SSSR count). The minimum absolute atomic E-state index is 0.358. The topological polar surface area (TPSA) is 54.7 Å². The van der Waals surface area contributed by atoms with Gasteiger partial charge in [-0.15, -0.1) is 0 Å². The van der Waals surface area contributed by atoms with Gasteiger partial charge in [0.1, 0.15) is 5.65 Å². The largest absolute Gasteiger partial charge is 0.302 e. The number of sulfonamides is 1. The van der Waals surface area contributed by atoms with Gasteiger partial charge in [0, 0.05) is 19.2 Å². The third-order valence-electron chi connectivity index (χ3n) is 4.61. The van der Waals surface area contributed by atoms with Crippen molar-refractivity contribution in [2.24, 2.45) is 0 Å². The lowest BCUT2D eigenvalue weighted by Gasteiger charge is -2.26. The van der Waals surface area contributed by atoms with E-state index in [-0.39, 0.29) is 0 Å². The van der Waals surface area contributed by atoms with E-state index in [0.717, 1.165) is 29.0 Å². The first kappa shape index (κ1) is 15.4. The number of aryl methyl sites for hydroxylation is 1. The number of rotatable bonds is 3. The Morgan fingerprint density at radius 2 is 1.92 bits per heavy atom. The van der Waals surface area contributed by atoms with Crippen molar-refractivity contribution in [1.82, 2.24) is 13.7 Å². The van der Waals surface area contributed by atoms with Gasteiger partial charge in [-0.1, -0.05) is 25.1 Å². The summed E-state index contributed by atoms with van der Waals surface area (Å²) < 4.78 is 29.4. The van der Waals surface area contributed by atoms with Crippen molar-refractivity contribution >= 4 is 15.7 Å². The van der Waals surface area contributed by atoms with Crippen LogP contribution in [0.5, 0.6) is 0 Å². The van der Waals surface area contributed by atoms with Crippen LogP contribution in [-0.2, 0) is 29.4 Å². The molecule has 24 heavy (non-hydrogen) atoms. The van der Waals surface area contributed by atoms with Crippen molar-refractivity contribution in [3.05, 3.63) is 65.6 Å². The molecule has 0 unspecified atom stereocenters. The average Bonchev–Trinajstić information content (AvgIpc) is 2.99. The van der Waals surface area contributed by atoms with Crippen molar-refractivity contribution < 1.29 is 8.42 Å². The summed E-state index contributed by atoms with van der Waals surface area (Å²) in [5.41, 5.74) is 3.96. The summed E-state index contributed by atoms with van der Waals surface area (Å²) in [4.78, 5) is 4.96. The van der Waals surface area contributed by atoms with E-state index in [2.05, 4.69) is 11.9 Å². The molecule has 0 fully saturated rings. The molecule has 0 amide bonds. The summed E-state index contributed by atoms with van der Waals surface area (Å²) >= 11 is 0. The Morgan fingerprint density at radius 3 is 2.67 bits per heavy atom. The fraction of sp³-hybridized carbons (Fsp3) is 0.278. The first-order chi connectivity index (χ1) is 11.6. The zero-order valence-electron chi connectivity index (χ0n) is 13.5. The van der Waals surface area contributed by atoms with Gasteiger partial charge in [-0.2, -0.15) is 4.31 Å². The summed E-state index contributed by atoms with van der Waals surface area (Å²) in [6, 6.07) is 13.0. The highest BCUT2D eigenvalue weighted by atomic mass is 32.2. The molecule has 0 saturated carbocycles. The number of nitrogens with zero attached hydrogens (tertiary/aromatic N) is 3. The van der Waals surface area contributed by atoms with Crippen LogP contribution in [0.3, 0.4) is 0 Å². The fourth-order valence-corrected chi connectivity index (χ4v) is 4.59. The molecule has 5 nitrogen and oxygen atoms in total. The van der Waals surface area contributed by atoms with Gasteiger partial charge in [0.05, 0.1) is 22.8 Å². The second-order valence-electron chi connectivity index (χ2n) is 6.02. The normalized spacial score (nSPS) is 15.5. The SMILES string of the molecule is CCc1ccc(S(=O)(=O)N2CCc3nc4ccccn4c3C2)cc1. The van der Waals surface area contributed by atoms with Crippen LogP contribution in [0.25, 0.3) is 5.65 Å². The van der Waals surface area contributed by atoms with E-state index >= 15 is 0 Å². The molecular weight excluding hydrogens is 322 g/mol. The lowest BCUT2D eigenvalue weighted by Crippen LogP contribution is -2.36. The van der Waals surface area contributed by atoms with Crippen LogP contribution in [0.4, 0.5) is 0 Å². The third kappa shape index (κ3) is 2.42. The van der Waals surface area contributed by atoms with Gasteiger partial charge in [0.25, 0.3) is 0 Å². The van der Waals surface area contributed by atoms with Crippen LogP contribution in [-0.4, -0.2) is 28.7 Å². The Kier molecular flexibility index (Phi) is 3.66. The van der Waals surface area contributed by atoms with Crippen molar-refractivity contribution in [1.29, 1.82) is 0 Å². The number of hydrogen-bond donors (Lipinski definition) is 0. The molecule has 3 aromatic rings. The number of hydrogen-bond acceptors (Lipinski definition) is 3. The summed E-state index contributed by atoms with van der Waals surface area (Å²) in [6.45, 7) is 2.88. The molecule has 124 valence electrons. The van der Waals surface area contributed by atoms with Crippen LogP contribution >= 0.6 is 0 Å². The van der Waals surface area contributed by atoms with Gasteiger partial charge in [-0.05, 0) is 36.2 Å². The Hall–Kier alpha value is -2.18. The van der Waals surface area contributed by atoms with Gasteiger partial charge in [0.15, 0.2) is 0 Å². The highest BCUT2D eigenvalue weighted by Crippen LogP contribution is 2.25. The lowest BCUT2D eigenvalue weighted by atomic mass is 10.2. The molecule has 0 N–H and O–H groups in total. The zero-order chi connectivity index (χ0) is 16.7. The number of benzene rings is 1. The summed E-state index contributed by atoms with van der Waals surface area (Å²) in [6.07, 6.45) is 3.48. The maximum absolute atomic E-state index is 13.0. The molecule has 0 saturated heterocycles. The number of fused-ring (bicyclic) bond motifs is 3. The van der Waals surface area contributed by atoms with E-state index < -0.39 is 10.0 Å². The molecule has 3 heterocycles. The van der Waals surface area contributed by atoms with E-state index in [1.54, 1.807) is 16.4 Å². The molecule has 1 aliphatic heterocycles. The molecule has 0 radical (unpaired) electrons. The Bertz CT molecular complexity index is 991. The maximum Gasteiger partial charge on any atom is 0.243 e. The van der Waals surface area contributed by atoms with E-state index in [1.165, 1.54) is 0 Å². The smallest absolute Gasteiger partial charge is 0.243 e. The monoisotopic (exact) mass is 341 g/mol. The molecule has 0 atom stereocenters. The van der Waals surface area contributed by atoms with E-state index in [0.29, 0.717) is 24.4 Å². The van der Waals surface area contributed by atoms with E-state index in [4.69, 9.17) is 0 Å². The molecule has 1 aromatic carbocycles. The van der Waals surface area contributed by atoms with Crippen molar-refractivity contribution in [3.8, 4) is 0 Å². The minimum atomic E-state index is -3.48. The standard InChI is InChI=1S/C18H19N3O2S/c1-2-14-6-8-15(9-7-14)24(22,23)20-12-10-16-17(13-20)21-11-4-3-5-18(21)19-16/h3-9,11H,2,10,12-13H2,1H3. The molecule has 6 heteroatoms. The van der Waals surface area contributed by atoms with Crippen molar-refractivity contribution in [3.63, 3.8) is 0 Å². The van der Waals surface area contributed by atoms with Crippen LogP contribution < -0.4 is 0 Å². The van der Waals surface area contributed by atoms with Crippen LogP contribution in [0.15, 0.2) is 53.6 Å². The highest BCUT2D eigenvalue weighted by Gasteiger charge is 2.30. The van der Waals surface area contributed by atoms with Gasteiger partial charge in [-0.25, -0.2) is 13.4 Å². The first-order valence-corrected chi connectivity index (χ1v) is 9.57. The van der Waals surface area contributed by atoms with Gasteiger partial charge >= 0.3 is 0 Å². The average molecular weight is 341 g/mol. The summed E-state index contributed by atoms with van der Waals surface area (Å²) in [7, 11) is -3.48. The molecule has 0 aliphatic carbocycles. The third-order valence-corrected chi connectivity index (χ3v) is 6.46. The molecular formula is C18H19N3O2S. The van der Waals surface area contributed by atoms with Crippen molar-refractivity contribution in [2.75, 3.05) is 6.54 Å². The second-order valence-corrected chi connectivity index (χ2v) is 7.96. The van der Waals surface area contributed by atoms with Gasteiger partial charge in [0.2, 0.25) is 10.0 Å². The Balaban J connectivity index is 1.70. The summed E-state index contributed by atoms with van der Waals surface area (Å²) in [5.74, 6) is 0. The van der Waals surface area contributed by atoms with Crippen LogP contribution in [0.1, 0.15) is 23.9 Å². The van der Waals surface area contributed by atoms with E-state index in [1.807, 2.05) is 40.9 Å². The van der Waals surface area contributed by atoms with Gasteiger partial charge in [-0.3, -0.25) is 0 Å². The van der Waals surface area contributed by atoms with Gasteiger partial charge < -0.3 is 4.40 Å². The predicted molar refractivity (Wildman–Crippen MR) is 92.3 cm³/mol. The predicted octanol–water partition coefficient (Wildman–Crippen LogP) is 2.64. The minimum Gasteiger partial charge on any atom is -0.302 e. The first-order valence-electron chi connectivity index (χ1n) is 8.13. The van der Waals surface area contributed by atoms with Crippen LogP contribution in [0.2, 0.25) is 0 Å². The number of pyridine rings is 1. The lowest BCUT2D eigenvalue weighted by molar-refractivity contribution is 0.383. The maximum atomic E-state index is 13.0. The Morgan fingerprint density at radius 1 is 1.12 bits per heavy atom. The van der Waals surface area contributed by atoms with E-state index in [9.17, 15) is 8.42 Å². The van der Waals surface area contributed by atoms with Crippen LogP contribution in [0, 0.1) is 0 Å². The Labute approximate surface area is 141 Å². The summed E-state index contributed by atoms with van der Waals surface area (Å²) in [5, 5.41) is 0. The quantitative estimate of drug-likeness (QED) is 0.736. The molecule has 0 bridgehead atoms. The zero-order valence-corrected chi connectivity index (χ0v) is 14.3. The number of aromatic nitrogens is 2.